The first-order valence-electron chi connectivity index (χ1n) is 6.78. The topological polar surface area (TPSA) is 75.6 Å². The van der Waals surface area contributed by atoms with E-state index in [-0.39, 0.29) is 11.5 Å². The molecule has 0 aromatic heterocycles. The van der Waals surface area contributed by atoms with Crippen molar-refractivity contribution in [2.24, 2.45) is 5.92 Å². The van der Waals surface area contributed by atoms with Gasteiger partial charge in [-0.15, -0.1) is 0 Å². The van der Waals surface area contributed by atoms with Crippen molar-refractivity contribution in [2.45, 2.75) is 26.2 Å². The predicted molar refractivity (Wildman–Crippen MR) is 74.9 cm³/mol. The molecule has 1 saturated heterocycles. The van der Waals surface area contributed by atoms with Crippen LogP contribution in [0.25, 0.3) is 0 Å². The van der Waals surface area contributed by atoms with Crippen LogP contribution in [0.5, 0.6) is 0 Å². The first-order valence-corrected chi connectivity index (χ1v) is 6.78. The minimum absolute atomic E-state index is 0.0284. The second kappa shape index (κ2) is 6.52. The summed E-state index contributed by atoms with van der Waals surface area (Å²) >= 11 is 0. The van der Waals surface area contributed by atoms with E-state index in [1.165, 1.54) is 6.07 Å². The van der Waals surface area contributed by atoms with Crippen molar-refractivity contribution in [1.29, 1.82) is 0 Å². The summed E-state index contributed by atoms with van der Waals surface area (Å²) in [6, 6.07) is 4.82. The molecule has 0 saturated carbocycles. The molecule has 1 aliphatic heterocycles. The highest BCUT2D eigenvalue weighted by Gasteiger charge is 2.17. The second-order valence-electron chi connectivity index (χ2n) is 5.14. The van der Waals surface area contributed by atoms with Crippen LogP contribution in [0.1, 0.15) is 35.2 Å². The van der Waals surface area contributed by atoms with Gasteiger partial charge in [0, 0.05) is 25.3 Å². The van der Waals surface area contributed by atoms with E-state index in [1.54, 1.807) is 19.1 Å². The molecule has 108 valence electrons. The predicted octanol–water partition coefficient (Wildman–Crippen LogP) is 2.45. The highest BCUT2D eigenvalue weighted by atomic mass is 16.5. The van der Waals surface area contributed by atoms with Gasteiger partial charge < -0.3 is 15.2 Å². The summed E-state index contributed by atoms with van der Waals surface area (Å²) in [4.78, 5) is 22.9. The molecule has 0 unspecified atom stereocenters. The van der Waals surface area contributed by atoms with Gasteiger partial charge in [-0.1, -0.05) is 0 Å². The molecule has 2 N–H and O–H groups in total. The van der Waals surface area contributed by atoms with Gasteiger partial charge in [0.25, 0.3) is 0 Å². The first kappa shape index (κ1) is 14.5. The van der Waals surface area contributed by atoms with Crippen LogP contribution in [0.3, 0.4) is 0 Å². The molecule has 0 bridgehead atoms. The molecule has 1 fully saturated rings. The number of ether oxygens (including phenoxy) is 1. The van der Waals surface area contributed by atoms with Gasteiger partial charge in [0.2, 0.25) is 5.91 Å². The van der Waals surface area contributed by atoms with Crippen molar-refractivity contribution in [3.63, 3.8) is 0 Å². The van der Waals surface area contributed by atoms with Gasteiger partial charge in [-0.3, -0.25) is 4.79 Å². The summed E-state index contributed by atoms with van der Waals surface area (Å²) in [5.41, 5.74) is 1.54. The molecule has 1 heterocycles. The number of hydrogen-bond donors (Lipinski definition) is 2. The van der Waals surface area contributed by atoms with E-state index in [1.807, 2.05) is 0 Å². The smallest absolute Gasteiger partial charge is 0.335 e. The number of amides is 1. The molecule has 5 nitrogen and oxygen atoms in total. The zero-order valence-corrected chi connectivity index (χ0v) is 11.5. The summed E-state index contributed by atoms with van der Waals surface area (Å²) in [5.74, 6) is -0.606. The zero-order valence-electron chi connectivity index (χ0n) is 11.5. The van der Waals surface area contributed by atoms with Gasteiger partial charge in [-0.05, 0) is 49.4 Å². The van der Waals surface area contributed by atoms with E-state index < -0.39 is 5.97 Å². The molecular formula is C15H19NO4. The molecule has 0 aliphatic carbocycles. The van der Waals surface area contributed by atoms with Gasteiger partial charge in [0.1, 0.15) is 0 Å². The van der Waals surface area contributed by atoms with Crippen LogP contribution in [0.15, 0.2) is 18.2 Å². The Labute approximate surface area is 117 Å². The number of rotatable bonds is 4. The Morgan fingerprint density at radius 2 is 2.05 bits per heavy atom. The van der Waals surface area contributed by atoms with Gasteiger partial charge in [-0.2, -0.15) is 0 Å². The Kier molecular flexibility index (Phi) is 4.74. The van der Waals surface area contributed by atoms with Crippen LogP contribution < -0.4 is 5.32 Å². The highest BCUT2D eigenvalue weighted by Crippen LogP contribution is 2.20. The van der Waals surface area contributed by atoms with E-state index in [0.717, 1.165) is 26.1 Å². The third kappa shape index (κ3) is 3.81. The average molecular weight is 277 g/mol. The number of hydrogen-bond acceptors (Lipinski definition) is 3. The molecule has 20 heavy (non-hydrogen) atoms. The van der Waals surface area contributed by atoms with E-state index in [9.17, 15) is 9.59 Å². The lowest BCUT2D eigenvalue weighted by molar-refractivity contribution is -0.117. The first-order chi connectivity index (χ1) is 9.56. The molecule has 1 amide bonds. The maximum atomic E-state index is 11.9. The summed E-state index contributed by atoms with van der Waals surface area (Å²) in [6.07, 6.45) is 2.33. The molecule has 0 radical (unpaired) electrons. The molecular weight excluding hydrogens is 258 g/mol. The lowest BCUT2D eigenvalue weighted by Gasteiger charge is -2.21. The average Bonchev–Trinajstić information content (AvgIpc) is 2.39. The SMILES string of the molecule is Cc1cc(NC(=O)CC2CCOCC2)ccc1C(=O)O. The second-order valence-corrected chi connectivity index (χ2v) is 5.14. The Morgan fingerprint density at radius 3 is 2.65 bits per heavy atom. The number of aryl methyl sites for hydroxylation is 1. The van der Waals surface area contributed by atoms with Gasteiger partial charge >= 0.3 is 5.97 Å². The van der Waals surface area contributed by atoms with Gasteiger partial charge in [0.05, 0.1) is 5.56 Å². The quantitative estimate of drug-likeness (QED) is 0.886. The lowest BCUT2D eigenvalue weighted by Crippen LogP contribution is -2.22. The van der Waals surface area contributed by atoms with Crippen LogP contribution in [-0.4, -0.2) is 30.2 Å². The molecule has 1 aromatic carbocycles. The standard InChI is InChI=1S/C15H19NO4/c1-10-8-12(2-3-13(10)15(18)19)16-14(17)9-11-4-6-20-7-5-11/h2-3,8,11H,4-7,9H2,1H3,(H,16,17)(H,18,19). The summed E-state index contributed by atoms with van der Waals surface area (Å²) in [6.45, 7) is 3.17. The van der Waals surface area contributed by atoms with Crippen LogP contribution in [0, 0.1) is 12.8 Å². The molecule has 2 rings (SSSR count). The maximum Gasteiger partial charge on any atom is 0.335 e. The summed E-state index contributed by atoms with van der Waals surface area (Å²) in [5, 5.41) is 11.8. The van der Waals surface area contributed by atoms with E-state index >= 15 is 0 Å². The number of aromatic carboxylic acids is 1. The van der Waals surface area contributed by atoms with Crippen LogP contribution in [0.2, 0.25) is 0 Å². The Hall–Kier alpha value is -1.88. The largest absolute Gasteiger partial charge is 0.478 e. The molecule has 5 heteroatoms. The van der Waals surface area contributed by atoms with Gasteiger partial charge in [0.15, 0.2) is 0 Å². The number of carboxylic acid groups (broad SMARTS) is 1. The molecule has 1 aromatic rings. The number of anilines is 1. The van der Waals surface area contributed by atoms with Gasteiger partial charge in [-0.25, -0.2) is 4.79 Å². The third-order valence-corrected chi connectivity index (χ3v) is 3.56. The number of nitrogens with one attached hydrogen (secondary N) is 1. The Morgan fingerprint density at radius 1 is 1.35 bits per heavy atom. The maximum absolute atomic E-state index is 11.9. The van der Waals surface area contributed by atoms with Crippen molar-refractivity contribution in [3.8, 4) is 0 Å². The Bertz CT molecular complexity index is 507. The van der Waals surface area contributed by atoms with Crippen molar-refractivity contribution in [2.75, 3.05) is 18.5 Å². The fourth-order valence-corrected chi connectivity index (χ4v) is 2.41. The van der Waals surface area contributed by atoms with Crippen molar-refractivity contribution in [3.05, 3.63) is 29.3 Å². The van der Waals surface area contributed by atoms with Crippen molar-refractivity contribution >= 4 is 17.6 Å². The normalized spacial score (nSPS) is 15.8. The van der Waals surface area contributed by atoms with Crippen molar-refractivity contribution in [1.82, 2.24) is 0 Å². The molecule has 1 aliphatic rings. The number of carboxylic acids is 1. The molecule has 0 spiro atoms. The fourth-order valence-electron chi connectivity index (χ4n) is 2.41. The summed E-state index contributed by atoms with van der Waals surface area (Å²) < 4.78 is 5.26. The van der Waals surface area contributed by atoms with E-state index in [4.69, 9.17) is 9.84 Å². The minimum Gasteiger partial charge on any atom is -0.478 e. The third-order valence-electron chi connectivity index (χ3n) is 3.56. The highest BCUT2D eigenvalue weighted by molar-refractivity contribution is 5.93. The molecule has 0 atom stereocenters. The van der Waals surface area contributed by atoms with Crippen LogP contribution >= 0.6 is 0 Å². The minimum atomic E-state index is -0.956. The monoisotopic (exact) mass is 277 g/mol. The lowest BCUT2D eigenvalue weighted by atomic mass is 9.96. The van der Waals surface area contributed by atoms with Crippen LogP contribution in [0.4, 0.5) is 5.69 Å². The van der Waals surface area contributed by atoms with E-state index in [0.29, 0.717) is 23.6 Å². The number of benzene rings is 1. The number of carbonyl (C=O) groups is 2. The van der Waals surface area contributed by atoms with Crippen molar-refractivity contribution < 1.29 is 19.4 Å². The Balaban J connectivity index is 1.93. The summed E-state index contributed by atoms with van der Waals surface area (Å²) in [7, 11) is 0. The fraction of sp³-hybridized carbons (Fsp3) is 0.467. The van der Waals surface area contributed by atoms with E-state index in [2.05, 4.69) is 5.32 Å². The van der Waals surface area contributed by atoms with Crippen LogP contribution in [-0.2, 0) is 9.53 Å². The number of carbonyl (C=O) groups excluding carboxylic acids is 1. The zero-order chi connectivity index (χ0) is 14.5.